The number of nitro groups is 2. The van der Waals surface area contributed by atoms with E-state index in [2.05, 4.69) is 4.74 Å². The average molecular weight is 311 g/mol. The minimum absolute atomic E-state index is 0.399. The topological polar surface area (TPSA) is 133 Å². The maximum absolute atomic E-state index is 10.9. The molecule has 0 unspecified atom stereocenters. The summed E-state index contributed by atoms with van der Waals surface area (Å²) in [7, 11) is 0. The summed E-state index contributed by atoms with van der Waals surface area (Å²) < 4.78 is 4.60. The molecule has 9 nitrogen and oxygen atoms in total. The Kier molecular flexibility index (Phi) is 4.46. The number of aliphatic carboxylic acids is 1. The van der Waals surface area contributed by atoms with Crippen molar-refractivity contribution in [3.05, 3.63) is 36.3 Å². The van der Waals surface area contributed by atoms with Crippen molar-refractivity contribution in [2.75, 3.05) is 6.61 Å². The lowest BCUT2D eigenvalue weighted by atomic mass is 10.2. The van der Waals surface area contributed by atoms with Crippen molar-refractivity contribution in [2.24, 2.45) is 0 Å². The van der Waals surface area contributed by atoms with Crippen LogP contribution in [0.1, 0.15) is 0 Å². The lowest BCUT2D eigenvalue weighted by Crippen LogP contribution is -2.11. The number of benzene rings is 1. The Hall–Kier alpha value is -2.13. The van der Waals surface area contributed by atoms with E-state index in [9.17, 15) is 25.0 Å². The number of carboxylic acids is 1. The third kappa shape index (κ3) is 3.20. The summed E-state index contributed by atoms with van der Waals surface area (Å²) in [6, 6.07) is 0.866. The van der Waals surface area contributed by atoms with Gasteiger partial charge in [-0.25, -0.2) is 4.79 Å². The minimum atomic E-state index is -1.43. The molecule has 0 fully saturated rings. The molecule has 0 spiro atoms. The predicted molar refractivity (Wildman–Crippen MR) is 62.9 cm³/mol. The van der Waals surface area contributed by atoms with Crippen molar-refractivity contribution in [3.63, 3.8) is 0 Å². The van der Waals surface area contributed by atoms with Gasteiger partial charge in [-0.1, -0.05) is 23.2 Å². The van der Waals surface area contributed by atoms with Gasteiger partial charge >= 0.3 is 17.3 Å². The molecule has 102 valence electrons. The summed E-state index contributed by atoms with van der Waals surface area (Å²) in [5.74, 6) is -2.15. The van der Waals surface area contributed by atoms with Crippen LogP contribution in [0.2, 0.25) is 10.0 Å². The summed E-state index contributed by atoms with van der Waals surface area (Å²) in [6.07, 6.45) is 0. The highest BCUT2D eigenvalue weighted by Gasteiger charge is 2.36. The molecule has 0 bridgehead atoms. The van der Waals surface area contributed by atoms with Crippen molar-refractivity contribution in [2.45, 2.75) is 0 Å². The molecule has 0 saturated carbocycles. The lowest BCUT2D eigenvalue weighted by Gasteiger charge is -2.07. The molecule has 0 aliphatic heterocycles. The van der Waals surface area contributed by atoms with Crippen molar-refractivity contribution < 1.29 is 24.5 Å². The van der Waals surface area contributed by atoms with Crippen LogP contribution in [-0.2, 0) is 4.79 Å². The van der Waals surface area contributed by atoms with Gasteiger partial charge in [-0.05, 0) is 6.07 Å². The molecule has 0 radical (unpaired) electrons. The smallest absolute Gasteiger partial charge is 0.390 e. The molecular formula is C8H4Cl2N2O7. The Labute approximate surface area is 114 Å². The minimum Gasteiger partial charge on any atom is -0.479 e. The molecule has 1 rings (SSSR count). The van der Waals surface area contributed by atoms with E-state index >= 15 is 0 Å². The van der Waals surface area contributed by atoms with Crippen LogP contribution in [0.4, 0.5) is 11.4 Å². The van der Waals surface area contributed by atoms with Crippen LogP contribution in [0.15, 0.2) is 6.07 Å². The Morgan fingerprint density at radius 2 is 1.74 bits per heavy atom. The van der Waals surface area contributed by atoms with E-state index < -0.39 is 49.6 Å². The normalized spacial score (nSPS) is 10.0. The number of ether oxygens (including phenoxy) is 1. The van der Waals surface area contributed by atoms with Gasteiger partial charge in [0.15, 0.2) is 6.61 Å². The first-order chi connectivity index (χ1) is 8.75. The van der Waals surface area contributed by atoms with Crippen molar-refractivity contribution in [1.82, 2.24) is 0 Å². The van der Waals surface area contributed by atoms with Gasteiger partial charge in [0.1, 0.15) is 5.02 Å². The van der Waals surface area contributed by atoms with Gasteiger partial charge in [0, 0.05) is 0 Å². The summed E-state index contributed by atoms with van der Waals surface area (Å²) in [6.45, 7) is -0.945. The number of nitro benzene ring substituents is 2. The Morgan fingerprint density at radius 1 is 1.21 bits per heavy atom. The third-order valence-electron chi connectivity index (χ3n) is 1.84. The van der Waals surface area contributed by atoms with E-state index in [1.54, 1.807) is 0 Å². The second-order valence-electron chi connectivity index (χ2n) is 3.06. The van der Waals surface area contributed by atoms with Gasteiger partial charge in [-0.3, -0.25) is 20.2 Å². The standard InChI is InChI=1S/C8H4Cl2N2O7/c9-3-1-4(10)8(19-2-5(13)14)7(12(17)18)6(3)11(15)16/h1H,2H2,(H,13,14). The van der Waals surface area contributed by atoms with E-state index in [4.69, 9.17) is 28.3 Å². The number of halogens is 2. The van der Waals surface area contributed by atoms with Gasteiger partial charge in [0.2, 0.25) is 5.75 Å². The molecular weight excluding hydrogens is 307 g/mol. The maximum Gasteiger partial charge on any atom is 0.390 e. The fourth-order valence-corrected chi connectivity index (χ4v) is 1.77. The zero-order chi connectivity index (χ0) is 14.7. The Balaban J connectivity index is 3.51. The molecule has 0 atom stereocenters. The first-order valence-electron chi connectivity index (χ1n) is 4.41. The predicted octanol–water partition coefficient (Wildman–Crippen LogP) is 2.27. The van der Waals surface area contributed by atoms with Gasteiger partial charge in [0.25, 0.3) is 0 Å². The molecule has 0 aliphatic carbocycles. The molecule has 0 saturated heterocycles. The zero-order valence-electron chi connectivity index (χ0n) is 8.83. The molecule has 1 N–H and O–H groups in total. The quantitative estimate of drug-likeness (QED) is 0.651. The largest absolute Gasteiger partial charge is 0.479 e. The maximum atomic E-state index is 10.9. The molecule has 0 heterocycles. The van der Waals surface area contributed by atoms with Gasteiger partial charge < -0.3 is 9.84 Å². The second-order valence-corrected chi connectivity index (χ2v) is 3.88. The van der Waals surface area contributed by atoms with Crippen LogP contribution in [-0.4, -0.2) is 27.5 Å². The van der Waals surface area contributed by atoms with Crippen molar-refractivity contribution in [1.29, 1.82) is 0 Å². The SMILES string of the molecule is O=C(O)COc1c(Cl)cc(Cl)c([N+](=O)[O-])c1[N+](=O)[O-]. The molecule has 1 aromatic carbocycles. The van der Waals surface area contributed by atoms with Crippen LogP contribution < -0.4 is 4.74 Å². The summed E-state index contributed by atoms with van der Waals surface area (Å²) in [5.41, 5.74) is -2.11. The Bertz CT molecular complexity index is 575. The lowest BCUT2D eigenvalue weighted by molar-refractivity contribution is -0.423. The Morgan fingerprint density at radius 3 is 2.16 bits per heavy atom. The molecule has 0 amide bonds. The highest BCUT2D eigenvalue weighted by Crippen LogP contribution is 2.46. The number of carbonyl (C=O) groups is 1. The summed E-state index contributed by atoms with van der Waals surface area (Å²) in [5, 5.41) is 29.1. The van der Waals surface area contributed by atoms with Gasteiger partial charge in [-0.15, -0.1) is 0 Å². The number of nitrogens with zero attached hydrogens (tertiary/aromatic N) is 2. The summed E-state index contributed by atoms with van der Waals surface area (Å²) >= 11 is 11.1. The van der Waals surface area contributed by atoms with Crippen LogP contribution in [0.25, 0.3) is 0 Å². The monoisotopic (exact) mass is 310 g/mol. The van der Waals surface area contributed by atoms with E-state index in [0.717, 1.165) is 6.07 Å². The number of rotatable bonds is 5. The van der Waals surface area contributed by atoms with E-state index in [0.29, 0.717) is 0 Å². The van der Waals surface area contributed by atoms with Gasteiger partial charge in [-0.2, -0.15) is 0 Å². The second kappa shape index (κ2) is 5.67. The van der Waals surface area contributed by atoms with Crippen molar-refractivity contribution >= 4 is 40.5 Å². The number of carboxylic acid groups (broad SMARTS) is 1. The molecule has 11 heteroatoms. The molecule has 0 aromatic heterocycles. The average Bonchev–Trinajstić information content (AvgIpc) is 2.25. The van der Waals surface area contributed by atoms with Crippen molar-refractivity contribution in [3.8, 4) is 5.75 Å². The molecule has 1 aromatic rings. The fourth-order valence-electron chi connectivity index (χ4n) is 1.19. The fraction of sp³-hybridized carbons (Fsp3) is 0.125. The first-order valence-corrected chi connectivity index (χ1v) is 5.16. The van der Waals surface area contributed by atoms with E-state index in [-0.39, 0.29) is 0 Å². The van der Waals surface area contributed by atoms with Crippen LogP contribution in [0.3, 0.4) is 0 Å². The first kappa shape index (κ1) is 14.9. The highest BCUT2D eigenvalue weighted by atomic mass is 35.5. The highest BCUT2D eigenvalue weighted by molar-refractivity contribution is 6.37. The third-order valence-corrected chi connectivity index (χ3v) is 2.41. The summed E-state index contributed by atoms with van der Waals surface area (Å²) in [4.78, 5) is 29.8. The zero-order valence-corrected chi connectivity index (χ0v) is 10.3. The van der Waals surface area contributed by atoms with Crippen LogP contribution in [0, 0.1) is 20.2 Å². The van der Waals surface area contributed by atoms with Gasteiger partial charge in [0.05, 0.1) is 14.9 Å². The van der Waals surface area contributed by atoms with E-state index in [1.165, 1.54) is 0 Å². The van der Waals surface area contributed by atoms with Crippen LogP contribution >= 0.6 is 23.2 Å². The van der Waals surface area contributed by atoms with Crippen LogP contribution in [0.5, 0.6) is 5.75 Å². The number of hydrogen-bond donors (Lipinski definition) is 1. The molecule has 19 heavy (non-hydrogen) atoms. The number of hydrogen-bond acceptors (Lipinski definition) is 6. The van der Waals surface area contributed by atoms with E-state index in [1.807, 2.05) is 0 Å². The molecule has 0 aliphatic rings.